The van der Waals surface area contributed by atoms with Crippen LogP contribution in [0.3, 0.4) is 0 Å². The van der Waals surface area contributed by atoms with Crippen LogP contribution in [0.5, 0.6) is 11.5 Å². The van der Waals surface area contributed by atoms with Crippen LogP contribution in [0.15, 0.2) is 36.7 Å². The fourth-order valence-electron chi connectivity index (χ4n) is 3.66. The molecular weight excluding hydrogens is 536 g/mol. The van der Waals surface area contributed by atoms with Crippen molar-refractivity contribution in [2.45, 2.75) is 95.3 Å². The van der Waals surface area contributed by atoms with Crippen molar-refractivity contribution in [1.82, 2.24) is 9.97 Å². The highest BCUT2D eigenvalue weighted by atomic mass is 19.4. The Labute approximate surface area is 223 Å². The average Bonchev–Trinajstić information content (AvgIpc) is 2.89. The fraction of sp³-hybridized carbons (Fsp3) is 0.630. The predicted octanol–water partition coefficient (Wildman–Crippen LogP) is 8.99. The average molecular weight is 571 g/mol. The van der Waals surface area contributed by atoms with Gasteiger partial charge in [0.05, 0.1) is 19.0 Å². The van der Waals surface area contributed by atoms with Crippen LogP contribution in [-0.2, 0) is 0 Å². The Kier molecular flexibility index (Phi) is 12.7. The van der Waals surface area contributed by atoms with Crippen molar-refractivity contribution in [3.63, 3.8) is 0 Å². The third-order valence-corrected chi connectivity index (χ3v) is 6.01. The Hall–Kier alpha value is -2.66. The molecule has 0 N–H and O–H groups in total. The van der Waals surface area contributed by atoms with E-state index in [1.54, 1.807) is 24.3 Å². The van der Waals surface area contributed by atoms with Gasteiger partial charge in [0.25, 0.3) is 0 Å². The van der Waals surface area contributed by atoms with Crippen LogP contribution in [-0.4, -0.2) is 47.4 Å². The number of aromatic nitrogens is 2. The number of halogens is 8. The van der Waals surface area contributed by atoms with E-state index in [1.807, 2.05) is 0 Å². The van der Waals surface area contributed by atoms with Crippen molar-refractivity contribution < 1.29 is 44.6 Å². The van der Waals surface area contributed by atoms with Gasteiger partial charge in [0, 0.05) is 12.0 Å². The number of ether oxygens (including phenoxy) is 2. The monoisotopic (exact) mass is 570 g/mol. The van der Waals surface area contributed by atoms with Crippen molar-refractivity contribution in [2.75, 3.05) is 13.2 Å². The molecule has 0 amide bonds. The first-order chi connectivity index (χ1) is 18.4. The van der Waals surface area contributed by atoms with Gasteiger partial charge in [-0.1, -0.05) is 45.4 Å². The first-order valence-corrected chi connectivity index (χ1v) is 13.0. The van der Waals surface area contributed by atoms with E-state index in [0.29, 0.717) is 42.1 Å². The summed E-state index contributed by atoms with van der Waals surface area (Å²) in [4.78, 5) is 8.43. The molecule has 1 aromatic heterocycles. The Morgan fingerprint density at radius 2 is 1.36 bits per heavy atom. The van der Waals surface area contributed by atoms with Gasteiger partial charge in [-0.3, -0.25) is 0 Å². The van der Waals surface area contributed by atoms with Crippen molar-refractivity contribution in [2.24, 2.45) is 0 Å². The molecule has 0 saturated heterocycles. The zero-order valence-electron chi connectivity index (χ0n) is 21.8. The zero-order chi connectivity index (χ0) is 28.9. The van der Waals surface area contributed by atoms with Gasteiger partial charge in [-0.25, -0.2) is 14.4 Å². The molecule has 0 spiro atoms. The summed E-state index contributed by atoms with van der Waals surface area (Å²) in [5.74, 6) is -9.91. The Balaban J connectivity index is 1.67. The molecule has 0 fully saturated rings. The molecule has 0 saturated carbocycles. The van der Waals surface area contributed by atoms with Crippen LogP contribution < -0.4 is 9.47 Å². The molecule has 0 aliphatic carbocycles. The van der Waals surface area contributed by atoms with E-state index in [0.717, 1.165) is 25.7 Å². The highest BCUT2D eigenvalue weighted by Crippen LogP contribution is 2.48. The second-order valence-electron chi connectivity index (χ2n) is 9.31. The summed E-state index contributed by atoms with van der Waals surface area (Å²) < 4.78 is 114. The summed E-state index contributed by atoms with van der Waals surface area (Å²) in [7, 11) is 0. The minimum absolute atomic E-state index is 0.00547. The summed E-state index contributed by atoms with van der Waals surface area (Å²) in [6.45, 7) is 2.26. The van der Waals surface area contributed by atoms with Crippen LogP contribution in [0.25, 0.3) is 11.4 Å². The number of unbranched alkanes of at least 4 members (excludes halogenated alkanes) is 6. The molecule has 0 aliphatic rings. The number of alkyl halides is 8. The minimum Gasteiger partial charge on any atom is -0.491 e. The lowest BCUT2D eigenvalue weighted by Gasteiger charge is -2.28. The Morgan fingerprint density at radius 1 is 0.744 bits per heavy atom. The van der Waals surface area contributed by atoms with E-state index in [1.165, 1.54) is 12.4 Å². The van der Waals surface area contributed by atoms with E-state index in [9.17, 15) is 35.1 Å². The smallest absolute Gasteiger partial charge is 0.459 e. The van der Waals surface area contributed by atoms with Crippen LogP contribution >= 0.6 is 0 Å². The van der Waals surface area contributed by atoms with Crippen LogP contribution in [0.1, 0.15) is 71.1 Å². The molecule has 2 aromatic rings. The third kappa shape index (κ3) is 10.4. The molecule has 1 atom stereocenters. The lowest BCUT2D eigenvalue weighted by molar-refractivity contribution is -0.355. The molecular formula is C27H34F8N2O2. The van der Waals surface area contributed by atoms with E-state index in [-0.39, 0.29) is 19.6 Å². The van der Waals surface area contributed by atoms with Gasteiger partial charge in [0.15, 0.2) is 11.6 Å². The summed E-state index contributed by atoms with van der Waals surface area (Å²) in [6.07, 6.45) is -1.19. The van der Waals surface area contributed by atoms with Crippen LogP contribution in [0, 0.1) is 0 Å². The van der Waals surface area contributed by atoms with E-state index in [4.69, 9.17) is 9.47 Å². The quantitative estimate of drug-likeness (QED) is 0.133. The molecule has 0 aliphatic heterocycles. The first-order valence-electron chi connectivity index (χ1n) is 13.0. The summed E-state index contributed by atoms with van der Waals surface area (Å²) in [5.41, 5.74) is 0.707. The standard InChI is InChI=1S/C27H34F8N2O2/c1-2-3-4-7-10-21(28)19-39-22-13-11-20(12-14-22)24-36-17-23(18-37-24)38-16-9-6-5-8-15-25(29,30)26(31,32)27(33,34)35/h11-14,17-18,21H,2-10,15-16,19H2,1H3/t21-/m0/s1. The summed E-state index contributed by atoms with van der Waals surface area (Å²) in [6, 6.07) is 6.89. The fourth-order valence-corrected chi connectivity index (χ4v) is 3.66. The van der Waals surface area contributed by atoms with Crippen molar-refractivity contribution in [3.05, 3.63) is 36.7 Å². The van der Waals surface area contributed by atoms with Gasteiger partial charge >= 0.3 is 18.0 Å². The topological polar surface area (TPSA) is 44.2 Å². The van der Waals surface area contributed by atoms with E-state index >= 15 is 0 Å². The highest BCUT2D eigenvalue weighted by Gasteiger charge is 2.72. The van der Waals surface area contributed by atoms with Gasteiger partial charge < -0.3 is 9.47 Å². The maximum absolute atomic E-state index is 13.9. The number of rotatable bonds is 18. The first kappa shape index (κ1) is 32.6. The summed E-state index contributed by atoms with van der Waals surface area (Å²) >= 11 is 0. The van der Waals surface area contributed by atoms with Crippen LogP contribution in [0.2, 0.25) is 0 Å². The Morgan fingerprint density at radius 3 is 1.97 bits per heavy atom. The molecule has 0 radical (unpaired) electrons. The number of hydrogen-bond acceptors (Lipinski definition) is 4. The van der Waals surface area contributed by atoms with Gasteiger partial charge in [-0.2, -0.15) is 30.7 Å². The molecule has 1 aromatic carbocycles. The van der Waals surface area contributed by atoms with E-state index in [2.05, 4.69) is 16.9 Å². The SMILES string of the molecule is CCCCCC[C@H](F)COc1ccc(-c2ncc(OCCCCCCC(F)(F)C(F)(F)C(F)(F)F)cn2)cc1. The van der Waals surface area contributed by atoms with Crippen molar-refractivity contribution in [1.29, 1.82) is 0 Å². The molecule has 4 nitrogen and oxygen atoms in total. The summed E-state index contributed by atoms with van der Waals surface area (Å²) in [5, 5.41) is 0. The molecule has 0 bridgehead atoms. The molecule has 1 heterocycles. The largest absolute Gasteiger partial charge is 0.491 e. The number of nitrogens with zero attached hydrogens (tertiary/aromatic N) is 2. The third-order valence-electron chi connectivity index (χ3n) is 6.01. The second-order valence-corrected chi connectivity index (χ2v) is 9.31. The maximum atomic E-state index is 13.9. The number of benzene rings is 1. The molecule has 12 heteroatoms. The number of hydrogen-bond donors (Lipinski definition) is 0. The van der Waals surface area contributed by atoms with Crippen molar-refractivity contribution >= 4 is 0 Å². The molecule has 0 unspecified atom stereocenters. The highest BCUT2D eigenvalue weighted by molar-refractivity contribution is 5.56. The maximum Gasteiger partial charge on any atom is 0.459 e. The van der Waals surface area contributed by atoms with Crippen LogP contribution in [0.4, 0.5) is 35.1 Å². The lowest BCUT2D eigenvalue weighted by Crippen LogP contribution is -2.51. The lowest BCUT2D eigenvalue weighted by atomic mass is 10.0. The predicted molar refractivity (Wildman–Crippen MR) is 131 cm³/mol. The second kappa shape index (κ2) is 15.2. The van der Waals surface area contributed by atoms with Gasteiger partial charge in [-0.15, -0.1) is 0 Å². The molecule has 2 rings (SSSR count). The molecule has 220 valence electrons. The minimum atomic E-state index is -6.30. The normalized spacial score (nSPS) is 13.4. The van der Waals surface area contributed by atoms with Gasteiger partial charge in [-0.05, 0) is 43.5 Å². The Bertz CT molecular complexity index is 954. The van der Waals surface area contributed by atoms with Crippen molar-refractivity contribution in [3.8, 4) is 22.9 Å². The van der Waals surface area contributed by atoms with Gasteiger partial charge in [0.2, 0.25) is 0 Å². The van der Waals surface area contributed by atoms with Gasteiger partial charge in [0.1, 0.15) is 18.5 Å². The van der Waals surface area contributed by atoms with E-state index < -0.39 is 37.0 Å². The zero-order valence-corrected chi connectivity index (χ0v) is 21.8. The molecule has 39 heavy (non-hydrogen) atoms.